The van der Waals surface area contributed by atoms with Crippen LogP contribution in [0.15, 0.2) is 53.5 Å². The molecule has 1 aliphatic rings. The zero-order valence-electron chi connectivity index (χ0n) is 17.1. The van der Waals surface area contributed by atoms with Crippen LogP contribution in [0.5, 0.6) is 0 Å². The number of rotatable bonds is 3. The summed E-state index contributed by atoms with van der Waals surface area (Å²) < 4.78 is 5.42. The van der Waals surface area contributed by atoms with E-state index in [1.54, 1.807) is 8.98 Å². The second kappa shape index (κ2) is 6.74. The molecule has 8 heteroatoms. The van der Waals surface area contributed by atoms with Crippen molar-refractivity contribution in [2.45, 2.75) is 18.8 Å². The molecule has 3 heterocycles. The monoisotopic (exact) mass is 522 g/mol. The zero-order valence-corrected chi connectivity index (χ0v) is 19.2. The maximum atomic E-state index is 13.3. The summed E-state index contributed by atoms with van der Waals surface area (Å²) in [5.41, 5.74) is 6.97. The molecule has 31 heavy (non-hydrogen) atoms. The lowest BCUT2D eigenvalue weighted by Crippen LogP contribution is -2.18. The standard InChI is InChI=1S/C23H19IN6O/c1-28-19(10-11-25-28)22-16-12-14(8-9-17(16)27-29(22)2)20-23(31)30(24)21-15(13-6-7-13)4-3-5-18(21)26-20/h3-5,8-13H,6-7H2,1-2H3. The highest BCUT2D eigenvalue weighted by Crippen LogP contribution is 2.43. The number of aryl methyl sites for hydroxylation is 2. The molecule has 5 aromatic rings. The molecule has 154 valence electrons. The number of hydrogen-bond donors (Lipinski definition) is 0. The Labute approximate surface area is 191 Å². The average molecular weight is 522 g/mol. The minimum absolute atomic E-state index is 0.0912. The first-order valence-electron chi connectivity index (χ1n) is 10.2. The quantitative estimate of drug-likeness (QED) is 0.329. The smallest absolute Gasteiger partial charge is 0.266 e. The Morgan fingerprint density at radius 3 is 2.61 bits per heavy atom. The molecule has 2 aromatic carbocycles. The van der Waals surface area contributed by atoms with E-state index in [9.17, 15) is 4.79 Å². The summed E-state index contributed by atoms with van der Waals surface area (Å²) in [5.74, 6) is 0.546. The van der Waals surface area contributed by atoms with Crippen molar-refractivity contribution in [2.24, 2.45) is 14.1 Å². The Morgan fingerprint density at radius 1 is 1.03 bits per heavy atom. The molecule has 0 radical (unpaired) electrons. The van der Waals surface area contributed by atoms with E-state index in [4.69, 9.17) is 4.98 Å². The van der Waals surface area contributed by atoms with Gasteiger partial charge in [-0.25, -0.2) is 7.76 Å². The first-order chi connectivity index (χ1) is 15.0. The highest BCUT2D eigenvalue weighted by atomic mass is 127. The van der Waals surface area contributed by atoms with Crippen LogP contribution < -0.4 is 5.56 Å². The lowest BCUT2D eigenvalue weighted by atomic mass is 10.1. The molecule has 0 atom stereocenters. The third-order valence-electron chi connectivity index (χ3n) is 6.04. The van der Waals surface area contributed by atoms with Crippen LogP contribution in [-0.2, 0) is 14.1 Å². The van der Waals surface area contributed by atoms with Crippen LogP contribution >= 0.6 is 22.9 Å². The Hall–Kier alpha value is -3.01. The predicted molar refractivity (Wildman–Crippen MR) is 129 cm³/mol. The van der Waals surface area contributed by atoms with E-state index in [-0.39, 0.29) is 5.56 Å². The summed E-state index contributed by atoms with van der Waals surface area (Å²) in [6.45, 7) is 0. The van der Waals surface area contributed by atoms with Gasteiger partial charge in [-0.3, -0.25) is 14.2 Å². The SMILES string of the molecule is Cn1nccc1-c1c2cc(-c3nc4cccc(C5CC5)c4n(I)c3=O)ccc2nn1C. The molecule has 1 fully saturated rings. The Morgan fingerprint density at radius 2 is 1.87 bits per heavy atom. The second-order valence-corrected chi connectivity index (χ2v) is 9.04. The topological polar surface area (TPSA) is 70.5 Å². The van der Waals surface area contributed by atoms with E-state index in [1.807, 2.05) is 59.9 Å². The third-order valence-corrected chi connectivity index (χ3v) is 6.96. The fourth-order valence-corrected chi connectivity index (χ4v) is 5.14. The van der Waals surface area contributed by atoms with Crippen LogP contribution in [0.25, 0.3) is 44.6 Å². The molecule has 0 bridgehead atoms. The predicted octanol–water partition coefficient (Wildman–Crippen LogP) is 4.43. The van der Waals surface area contributed by atoms with Gasteiger partial charge in [0.15, 0.2) is 0 Å². The molecule has 7 nitrogen and oxygen atoms in total. The van der Waals surface area contributed by atoms with Crippen molar-refractivity contribution < 1.29 is 0 Å². The molecule has 0 unspecified atom stereocenters. The molecule has 0 spiro atoms. The first-order valence-corrected chi connectivity index (χ1v) is 11.2. The van der Waals surface area contributed by atoms with Crippen LogP contribution in [0.4, 0.5) is 0 Å². The third kappa shape index (κ3) is 2.84. The largest absolute Gasteiger partial charge is 0.286 e. The summed E-state index contributed by atoms with van der Waals surface area (Å²) in [6, 6.07) is 14.0. The summed E-state index contributed by atoms with van der Waals surface area (Å²) in [6.07, 6.45) is 4.13. The number of benzene rings is 2. The first kappa shape index (κ1) is 18.7. The van der Waals surface area contributed by atoms with Crippen LogP contribution in [0.1, 0.15) is 24.3 Å². The number of fused-ring (bicyclic) bond motifs is 2. The van der Waals surface area contributed by atoms with Crippen molar-refractivity contribution >= 4 is 44.8 Å². The van der Waals surface area contributed by atoms with Gasteiger partial charge in [-0.1, -0.05) is 18.2 Å². The van der Waals surface area contributed by atoms with Crippen molar-refractivity contribution in [3.05, 3.63) is 64.6 Å². The van der Waals surface area contributed by atoms with E-state index in [1.165, 1.54) is 18.4 Å². The van der Waals surface area contributed by atoms with Crippen LogP contribution in [-0.4, -0.2) is 27.3 Å². The van der Waals surface area contributed by atoms with Gasteiger partial charge >= 0.3 is 0 Å². The summed E-state index contributed by atoms with van der Waals surface area (Å²) in [4.78, 5) is 18.2. The van der Waals surface area contributed by atoms with Gasteiger partial charge in [0.05, 0.1) is 50.8 Å². The van der Waals surface area contributed by atoms with Crippen LogP contribution in [0, 0.1) is 0 Å². The molecule has 6 rings (SSSR count). The minimum atomic E-state index is -0.0912. The van der Waals surface area contributed by atoms with E-state index in [2.05, 4.69) is 39.1 Å². The van der Waals surface area contributed by atoms with Gasteiger partial charge in [-0.15, -0.1) is 0 Å². The highest BCUT2D eigenvalue weighted by molar-refractivity contribution is 14.1. The molecule has 0 aliphatic heterocycles. The molecule has 1 saturated carbocycles. The van der Waals surface area contributed by atoms with E-state index >= 15 is 0 Å². The van der Waals surface area contributed by atoms with E-state index < -0.39 is 0 Å². The zero-order chi connectivity index (χ0) is 21.3. The van der Waals surface area contributed by atoms with Crippen LogP contribution in [0.3, 0.4) is 0 Å². The molecular formula is C23H19IN6O. The fourth-order valence-electron chi connectivity index (χ4n) is 4.38. The molecule has 3 aromatic heterocycles. The number of para-hydroxylation sites is 1. The summed E-state index contributed by atoms with van der Waals surface area (Å²) in [5, 5.41) is 9.91. The molecule has 0 N–H and O–H groups in total. The molecular weight excluding hydrogens is 503 g/mol. The second-order valence-electron chi connectivity index (χ2n) is 8.08. The van der Waals surface area contributed by atoms with E-state index in [0.717, 1.165) is 38.9 Å². The van der Waals surface area contributed by atoms with Gasteiger partial charge in [-0.2, -0.15) is 10.2 Å². The molecule has 0 amide bonds. The summed E-state index contributed by atoms with van der Waals surface area (Å²) >= 11 is 2.12. The van der Waals surface area contributed by atoms with Gasteiger partial charge < -0.3 is 0 Å². The lowest BCUT2D eigenvalue weighted by Gasteiger charge is -2.11. The maximum Gasteiger partial charge on any atom is 0.286 e. The summed E-state index contributed by atoms with van der Waals surface area (Å²) in [7, 11) is 3.84. The van der Waals surface area contributed by atoms with Gasteiger partial charge in [0.2, 0.25) is 0 Å². The Bertz CT molecular complexity index is 1560. The Balaban J connectivity index is 1.60. The van der Waals surface area contributed by atoms with Crippen molar-refractivity contribution in [1.29, 1.82) is 0 Å². The van der Waals surface area contributed by atoms with Gasteiger partial charge in [-0.05, 0) is 48.6 Å². The number of hydrogen-bond acceptors (Lipinski definition) is 4. The van der Waals surface area contributed by atoms with Gasteiger partial charge in [0.1, 0.15) is 5.69 Å². The average Bonchev–Trinajstić information content (AvgIpc) is 3.45. The lowest BCUT2D eigenvalue weighted by molar-refractivity contribution is 0.743. The van der Waals surface area contributed by atoms with Gasteiger partial charge in [0, 0.05) is 31.2 Å². The van der Waals surface area contributed by atoms with Crippen LogP contribution in [0.2, 0.25) is 0 Å². The van der Waals surface area contributed by atoms with Crippen molar-refractivity contribution in [3.8, 4) is 22.6 Å². The number of nitrogens with zero attached hydrogens (tertiary/aromatic N) is 6. The van der Waals surface area contributed by atoms with Gasteiger partial charge in [0.25, 0.3) is 5.56 Å². The highest BCUT2D eigenvalue weighted by Gasteiger charge is 2.27. The fraction of sp³-hybridized carbons (Fsp3) is 0.217. The number of halogens is 1. The normalized spacial score (nSPS) is 14.0. The van der Waals surface area contributed by atoms with Crippen molar-refractivity contribution in [3.63, 3.8) is 0 Å². The maximum absolute atomic E-state index is 13.3. The van der Waals surface area contributed by atoms with Crippen molar-refractivity contribution in [1.82, 2.24) is 27.3 Å². The van der Waals surface area contributed by atoms with Crippen molar-refractivity contribution in [2.75, 3.05) is 0 Å². The number of aromatic nitrogens is 6. The Kier molecular flexibility index (Phi) is 4.08. The minimum Gasteiger partial charge on any atom is -0.266 e. The molecule has 0 saturated heterocycles. The van der Waals surface area contributed by atoms with E-state index in [0.29, 0.717) is 11.6 Å². The molecule has 1 aliphatic carbocycles.